The van der Waals surface area contributed by atoms with Gasteiger partial charge in [-0.25, -0.2) is 13.8 Å². The molecule has 2 aromatic rings. The minimum atomic E-state index is -3.65. The van der Waals surface area contributed by atoms with Gasteiger partial charge in [0.25, 0.3) is 5.91 Å². The van der Waals surface area contributed by atoms with E-state index in [1.54, 1.807) is 12.1 Å². The summed E-state index contributed by atoms with van der Waals surface area (Å²) in [6.07, 6.45) is 1.09. The standard InChI is InChI=1S/C19H25N3O3S/c1-14(19(2,3)4)20-21-18(23)13-22(26(5,24)25)17-12-8-10-15-9-6-7-11-16(15)17/h6-12H,13H2,1-5H3,(H,21,23)/b20-14-. The second kappa shape index (κ2) is 7.45. The quantitative estimate of drug-likeness (QED) is 0.644. The van der Waals surface area contributed by atoms with E-state index >= 15 is 0 Å². The van der Waals surface area contributed by atoms with Gasteiger partial charge in [0.2, 0.25) is 10.0 Å². The maximum atomic E-state index is 12.3. The average Bonchev–Trinajstić information content (AvgIpc) is 2.55. The molecule has 0 bridgehead atoms. The van der Waals surface area contributed by atoms with Crippen LogP contribution >= 0.6 is 0 Å². The molecular formula is C19H25N3O3S. The highest BCUT2D eigenvalue weighted by Crippen LogP contribution is 2.28. The van der Waals surface area contributed by atoms with Crippen molar-refractivity contribution in [1.29, 1.82) is 0 Å². The van der Waals surface area contributed by atoms with Crippen molar-refractivity contribution in [2.75, 3.05) is 17.1 Å². The van der Waals surface area contributed by atoms with Crippen LogP contribution in [0.4, 0.5) is 5.69 Å². The molecule has 0 saturated carbocycles. The first kappa shape index (κ1) is 19.9. The summed E-state index contributed by atoms with van der Waals surface area (Å²) in [6.45, 7) is 7.43. The van der Waals surface area contributed by atoms with Gasteiger partial charge in [0.1, 0.15) is 6.54 Å². The Bertz CT molecular complexity index is 939. The fourth-order valence-electron chi connectivity index (χ4n) is 2.29. The zero-order valence-corrected chi connectivity index (χ0v) is 16.6. The third-order valence-electron chi connectivity index (χ3n) is 4.16. The number of anilines is 1. The molecule has 1 amide bonds. The van der Waals surface area contributed by atoms with Gasteiger partial charge in [-0.1, -0.05) is 57.2 Å². The number of hydrogen-bond donors (Lipinski definition) is 1. The van der Waals surface area contributed by atoms with Gasteiger partial charge in [-0.2, -0.15) is 5.10 Å². The molecule has 7 heteroatoms. The van der Waals surface area contributed by atoms with Gasteiger partial charge in [-0.15, -0.1) is 0 Å². The fraction of sp³-hybridized carbons (Fsp3) is 0.368. The third kappa shape index (κ3) is 4.82. The Morgan fingerprint density at radius 1 is 1.12 bits per heavy atom. The lowest BCUT2D eigenvalue weighted by Crippen LogP contribution is -2.39. The van der Waals surface area contributed by atoms with Gasteiger partial charge < -0.3 is 0 Å². The first-order chi connectivity index (χ1) is 12.0. The average molecular weight is 375 g/mol. The molecule has 0 heterocycles. The molecule has 1 N–H and O–H groups in total. The second-order valence-electron chi connectivity index (χ2n) is 7.25. The first-order valence-corrected chi connectivity index (χ1v) is 10.1. The Morgan fingerprint density at radius 2 is 1.73 bits per heavy atom. The minimum absolute atomic E-state index is 0.181. The highest BCUT2D eigenvalue weighted by molar-refractivity contribution is 7.92. The number of hydrazone groups is 1. The van der Waals surface area contributed by atoms with Gasteiger partial charge in [0.05, 0.1) is 11.9 Å². The van der Waals surface area contributed by atoms with Crippen LogP contribution in [0.25, 0.3) is 10.8 Å². The Labute approximate surface area is 154 Å². The Kier molecular flexibility index (Phi) is 5.71. The molecular weight excluding hydrogens is 350 g/mol. The molecule has 0 unspecified atom stereocenters. The summed E-state index contributed by atoms with van der Waals surface area (Å²) in [5, 5.41) is 5.75. The van der Waals surface area contributed by atoms with E-state index in [2.05, 4.69) is 10.5 Å². The number of nitrogens with zero attached hydrogens (tertiary/aromatic N) is 2. The number of benzene rings is 2. The largest absolute Gasteiger partial charge is 0.271 e. The van der Waals surface area contributed by atoms with E-state index in [1.807, 2.05) is 58.0 Å². The summed E-state index contributed by atoms with van der Waals surface area (Å²) in [6, 6.07) is 12.8. The summed E-state index contributed by atoms with van der Waals surface area (Å²) >= 11 is 0. The molecule has 0 aliphatic carbocycles. The number of carbonyl (C=O) groups is 1. The van der Waals surface area contributed by atoms with E-state index in [4.69, 9.17) is 0 Å². The zero-order chi connectivity index (χ0) is 19.5. The normalized spacial score (nSPS) is 12.9. The van der Waals surface area contributed by atoms with Gasteiger partial charge >= 0.3 is 0 Å². The monoisotopic (exact) mass is 375 g/mol. The van der Waals surface area contributed by atoms with Gasteiger partial charge in [0.15, 0.2) is 0 Å². The molecule has 2 rings (SSSR count). The number of sulfonamides is 1. The molecule has 6 nitrogen and oxygen atoms in total. The van der Waals surface area contributed by atoms with Crippen LogP contribution in [-0.2, 0) is 14.8 Å². The van der Waals surface area contributed by atoms with Crippen molar-refractivity contribution in [3.8, 4) is 0 Å². The lowest BCUT2D eigenvalue weighted by atomic mass is 9.91. The maximum absolute atomic E-state index is 12.3. The second-order valence-corrected chi connectivity index (χ2v) is 9.16. The van der Waals surface area contributed by atoms with E-state index in [-0.39, 0.29) is 12.0 Å². The molecule has 0 aromatic heterocycles. The predicted molar refractivity (Wildman–Crippen MR) is 107 cm³/mol. The lowest BCUT2D eigenvalue weighted by molar-refractivity contribution is -0.119. The zero-order valence-electron chi connectivity index (χ0n) is 15.8. The lowest BCUT2D eigenvalue weighted by Gasteiger charge is -2.23. The molecule has 0 aliphatic heterocycles. The van der Waals surface area contributed by atoms with Crippen LogP contribution in [-0.4, -0.2) is 32.8 Å². The van der Waals surface area contributed by atoms with Gasteiger partial charge in [0, 0.05) is 16.5 Å². The van der Waals surface area contributed by atoms with E-state index in [0.717, 1.165) is 27.0 Å². The molecule has 0 aliphatic rings. The van der Waals surface area contributed by atoms with Crippen LogP contribution in [0, 0.1) is 5.41 Å². The minimum Gasteiger partial charge on any atom is -0.271 e. The highest BCUT2D eigenvalue weighted by atomic mass is 32.2. The summed E-state index contributed by atoms with van der Waals surface area (Å²) < 4.78 is 25.7. The molecule has 26 heavy (non-hydrogen) atoms. The molecule has 0 spiro atoms. The number of carbonyl (C=O) groups excluding carboxylic acids is 1. The summed E-state index contributed by atoms with van der Waals surface area (Å²) in [5.74, 6) is -0.494. The fourth-order valence-corrected chi connectivity index (χ4v) is 3.15. The molecule has 2 aromatic carbocycles. The molecule has 0 radical (unpaired) electrons. The predicted octanol–water partition coefficient (Wildman–Crippen LogP) is 3.14. The third-order valence-corrected chi connectivity index (χ3v) is 5.28. The molecule has 0 atom stereocenters. The SMILES string of the molecule is C/C(=N/NC(=O)CN(c1cccc2ccccc12)S(C)(=O)=O)C(C)(C)C. The summed E-state index contributed by atoms with van der Waals surface area (Å²) in [7, 11) is -3.65. The van der Waals surface area contributed by atoms with Crippen molar-refractivity contribution in [3.63, 3.8) is 0 Å². The number of nitrogens with one attached hydrogen (secondary N) is 1. The van der Waals surface area contributed by atoms with Crippen molar-refractivity contribution in [1.82, 2.24) is 5.43 Å². The Morgan fingerprint density at radius 3 is 2.35 bits per heavy atom. The van der Waals surface area contributed by atoms with Crippen molar-refractivity contribution in [2.45, 2.75) is 27.7 Å². The molecule has 0 fully saturated rings. The van der Waals surface area contributed by atoms with Crippen LogP contribution in [0.5, 0.6) is 0 Å². The van der Waals surface area contributed by atoms with Crippen LogP contribution in [0.1, 0.15) is 27.7 Å². The van der Waals surface area contributed by atoms with E-state index < -0.39 is 15.9 Å². The number of hydrogen-bond acceptors (Lipinski definition) is 4. The Balaban J connectivity index is 2.34. The van der Waals surface area contributed by atoms with Gasteiger partial charge in [-0.3, -0.25) is 9.10 Å². The first-order valence-electron chi connectivity index (χ1n) is 8.29. The van der Waals surface area contributed by atoms with Crippen molar-refractivity contribution in [3.05, 3.63) is 42.5 Å². The number of rotatable bonds is 5. The van der Waals surface area contributed by atoms with Gasteiger partial charge in [-0.05, 0) is 18.4 Å². The van der Waals surface area contributed by atoms with Crippen molar-refractivity contribution >= 4 is 38.1 Å². The summed E-state index contributed by atoms with van der Waals surface area (Å²) in [5.41, 5.74) is 3.49. The molecule has 0 saturated heterocycles. The van der Waals surface area contributed by atoms with Crippen LogP contribution < -0.4 is 9.73 Å². The maximum Gasteiger partial charge on any atom is 0.260 e. The number of amides is 1. The van der Waals surface area contributed by atoms with E-state index in [9.17, 15) is 13.2 Å². The van der Waals surface area contributed by atoms with E-state index in [1.165, 1.54) is 0 Å². The smallest absolute Gasteiger partial charge is 0.260 e. The van der Waals surface area contributed by atoms with Crippen molar-refractivity contribution < 1.29 is 13.2 Å². The van der Waals surface area contributed by atoms with Crippen molar-refractivity contribution in [2.24, 2.45) is 10.5 Å². The van der Waals surface area contributed by atoms with Crippen LogP contribution in [0.3, 0.4) is 0 Å². The molecule has 140 valence electrons. The summed E-state index contributed by atoms with van der Waals surface area (Å²) in [4.78, 5) is 12.3. The highest BCUT2D eigenvalue weighted by Gasteiger charge is 2.23. The number of fused-ring (bicyclic) bond motifs is 1. The van der Waals surface area contributed by atoms with Crippen LogP contribution in [0.2, 0.25) is 0 Å². The van der Waals surface area contributed by atoms with E-state index in [0.29, 0.717) is 5.69 Å². The Hall–Kier alpha value is -2.41. The van der Waals surface area contributed by atoms with Crippen LogP contribution in [0.15, 0.2) is 47.6 Å². The topological polar surface area (TPSA) is 78.8 Å².